The van der Waals surface area contributed by atoms with Gasteiger partial charge in [-0.05, 0) is 55.7 Å². The van der Waals surface area contributed by atoms with Crippen molar-refractivity contribution in [1.82, 2.24) is 19.9 Å². The van der Waals surface area contributed by atoms with Gasteiger partial charge in [0.15, 0.2) is 17.5 Å². The van der Waals surface area contributed by atoms with Gasteiger partial charge in [0.1, 0.15) is 22.0 Å². The van der Waals surface area contributed by atoms with Crippen molar-refractivity contribution in [2.24, 2.45) is 17.8 Å². The van der Waals surface area contributed by atoms with Gasteiger partial charge in [0, 0.05) is 23.2 Å². The van der Waals surface area contributed by atoms with Gasteiger partial charge in [0.25, 0.3) is 0 Å². The van der Waals surface area contributed by atoms with Crippen molar-refractivity contribution in [3.8, 4) is 22.0 Å². The first kappa shape index (κ1) is 23.5. The van der Waals surface area contributed by atoms with Gasteiger partial charge in [0.2, 0.25) is 0 Å². The van der Waals surface area contributed by atoms with Gasteiger partial charge in [-0.1, -0.05) is 0 Å². The molecule has 9 nitrogen and oxygen atoms in total. The number of nitrogens with one attached hydrogen (secondary N) is 2. The van der Waals surface area contributed by atoms with Crippen LogP contribution in [0.2, 0.25) is 0 Å². The van der Waals surface area contributed by atoms with Crippen LogP contribution in [-0.4, -0.2) is 48.1 Å². The van der Waals surface area contributed by atoms with E-state index in [9.17, 15) is 24.2 Å². The van der Waals surface area contributed by atoms with Gasteiger partial charge in [-0.25, -0.2) is 28.5 Å². The molecule has 2 bridgehead atoms. The number of nitrogens with zero attached hydrogens (tertiary/aromatic N) is 3. The number of aromatic nitrogens is 4. The number of hydrogen-bond acceptors (Lipinski definition) is 7. The van der Waals surface area contributed by atoms with Crippen molar-refractivity contribution in [3.63, 3.8) is 0 Å². The van der Waals surface area contributed by atoms with Crippen LogP contribution >= 0.6 is 11.3 Å². The number of aromatic carboxylic acids is 1. The van der Waals surface area contributed by atoms with Gasteiger partial charge in [0.05, 0.1) is 17.0 Å². The third-order valence-electron chi connectivity index (χ3n) is 7.45. The molecule has 2 atom stereocenters. The number of halogens is 2. The van der Waals surface area contributed by atoms with E-state index in [0.29, 0.717) is 16.6 Å². The summed E-state index contributed by atoms with van der Waals surface area (Å²) in [6, 6.07) is 3.58. The number of aromatic amines is 1. The predicted octanol–water partition coefficient (Wildman–Crippen LogP) is 5.03. The average Bonchev–Trinajstić information content (AvgIpc) is 3.53. The van der Waals surface area contributed by atoms with E-state index >= 15 is 4.39 Å². The van der Waals surface area contributed by atoms with Crippen molar-refractivity contribution in [2.75, 3.05) is 5.32 Å². The van der Waals surface area contributed by atoms with Crippen LogP contribution in [0.4, 0.5) is 14.6 Å². The molecule has 0 spiro atoms. The van der Waals surface area contributed by atoms with E-state index < -0.39 is 35.5 Å². The van der Waals surface area contributed by atoms with Crippen LogP contribution in [0.1, 0.15) is 35.4 Å². The van der Waals surface area contributed by atoms with Gasteiger partial charge in [-0.15, -0.1) is 11.3 Å². The van der Waals surface area contributed by atoms with Gasteiger partial charge in [-0.2, -0.15) is 0 Å². The van der Waals surface area contributed by atoms with Crippen LogP contribution in [0.5, 0.6) is 0 Å². The predicted molar refractivity (Wildman–Crippen MR) is 131 cm³/mol. The van der Waals surface area contributed by atoms with E-state index in [4.69, 9.17) is 0 Å². The molecule has 190 valence electrons. The summed E-state index contributed by atoms with van der Waals surface area (Å²) in [6.07, 6.45) is 5.94. The Hall–Kier alpha value is -3.93. The second kappa shape index (κ2) is 8.87. The quantitative estimate of drug-likeness (QED) is 0.275. The second-order valence-electron chi connectivity index (χ2n) is 9.49. The molecule has 0 radical (unpaired) electrons. The van der Waals surface area contributed by atoms with E-state index in [0.717, 1.165) is 43.2 Å². The summed E-state index contributed by atoms with van der Waals surface area (Å²) >= 11 is 0.861. The van der Waals surface area contributed by atoms with Crippen molar-refractivity contribution in [3.05, 3.63) is 47.1 Å². The Labute approximate surface area is 212 Å². The highest BCUT2D eigenvalue weighted by atomic mass is 32.1. The fourth-order valence-electron chi connectivity index (χ4n) is 5.74. The molecule has 0 aliphatic heterocycles. The minimum absolute atomic E-state index is 0.00178. The van der Waals surface area contributed by atoms with Gasteiger partial charge < -0.3 is 20.5 Å². The van der Waals surface area contributed by atoms with Crippen LogP contribution in [0.3, 0.4) is 0 Å². The number of anilines is 1. The summed E-state index contributed by atoms with van der Waals surface area (Å²) in [7, 11) is 0. The first-order valence-corrected chi connectivity index (χ1v) is 12.6. The summed E-state index contributed by atoms with van der Waals surface area (Å²) in [4.78, 5) is 39.6. The number of fused-ring (bicyclic) bond motifs is 4. The zero-order valence-electron chi connectivity index (χ0n) is 19.2. The normalized spacial score (nSPS) is 22.9. The zero-order valence-corrected chi connectivity index (χ0v) is 20.1. The first-order chi connectivity index (χ1) is 17.8. The first-order valence-electron chi connectivity index (χ1n) is 11.8. The van der Waals surface area contributed by atoms with Gasteiger partial charge in [-0.3, -0.25) is 4.79 Å². The highest BCUT2D eigenvalue weighted by Gasteiger charge is 2.47. The van der Waals surface area contributed by atoms with Crippen LogP contribution in [-0.2, 0) is 4.79 Å². The highest BCUT2D eigenvalue weighted by molar-refractivity contribution is 7.17. The Kier molecular flexibility index (Phi) is 5.63. The molecular weight excluding hydrogens is 504 g/mol. The molecular formula is C25H21F2N5O4S. The van der Waals surface area contributed by atoms with E-state index in [-0.39, 0.29) is 38.9 Å². The molecule has 3 aliphatic carbocycles. The maximum atomic E-state index is 15.9. The standard InChI is InChI=1S/C25H21F2N5O4S/c26-12-7-13-14(9-29-21(13)28-8-12)22-31-20(15-5-6-16(37-15)24(33)34)18(27)23(32-22)30-19-11-3-1-10(2-4-11)17(19)25(35)36/h5-11,17,19H,1-4H2,(H,28,29)(H,33,34)(H,35,36)(H,30,31,32). The molecule has 4 N–H and O–H groups in total. The topological polar surface area (TPSA) is 141 Å². The molecule has 2 unspecified atom stereocenters. The molecule has 0 aromatic carbocycles. The third-order valence-corrected chi connectivity index (χ3v) is 8.53. The fourth-order valence-corrected chi connectivity index (χ4v) is 6.57. The number of carboxylic acid groups (broad SMARTS) is 2. The Morgan fingerprint density at radius 2 is 1.84 bits per heavy atom. The number of carboxylic acids is 2. The van der Waals surface area contributed by atoms with Crippen LogP contribution in [0, 0.1) is 29.4 Å². The molecule has 0 amide bonds. The molecule has 7 rings (SSSR count). The Morgan fingerprint density at radius 1 is 1.08 bits per heavy atom. The number of aliphatic carboxylic acids is 1. The number of hydrogen-bond donors (Lipinski definition) is 4. The molecule has 12 heteroatoms. The summed E-state index contributed by atoms with van der Waals surface area (Å²) in [5, 5.41) is 22.8. The number of H-pyrrole nitrogens is 1. The number of carbonyl (C=O) groups is 2. The SMILES string of the molecule is O=C(O)c1ccc(-c2nc(-c3c[nH]c4ncc(F)cc34)nc(NC3C4CCC(CC4)C3C(=O)O)c2F)s1. The summed E-state index contributed by atoms with van der Waals surface area (Å²) in [6.45, 7) is 0. The highest BCUT2D eigenvalue weighted by Crippen LogP contribution is 2.47. The number of rotatable bonds is 6. The van der Waals surface area contributed by atoms with E-state index in [2.05, 4.69) is 25.3 Å². The van der Waals surface area contributed by atoms with Crippen LogP contribution in [0.15, 0.2) is 30.6 Å². The molecule has 0 saturated heterocycles. The lowest BCUT2D eigenvalue weighted by molar-refractivity contribution is -0.148. The third kappa shape index (κ3) is 4.01. The minimum atomic E-state index is -1.15. The molecule has 4 heterocycles. The molecule has 3 saturated carbocycles. The lowest BCUT2D eigenvalue weighted by atomic mass is 9.61. The molecule has 3 fully saturated rings. The fraction of sp³-hybridized carbons (Fsp3) is 0.320. The van der Waals surface area contributed by atoms with Crippen molar-refractivity contribution in [1.29, 1.82) is 0 Å². The maximum Gasteiger partial charge on any atom is 0.345 e. The zero-order chi connectivity index (χ0) is 25.8. The molecule has 3 aliphatic rings. The molecule has 4 aromatic heterocycles. The van der Waals surface area contributed by atoms with Gasteiger partial charge >= 0.3 is 11.9 Å². The maximum absolute atomic E-state index is 15.9. The minimum Gasteiger partial charge on any atom is -0.481 e. The van der Waals surface area contributed by atoms with Crippen molar-refractivity contribution < 1.29 is 28.6 Å². The average molecular weight is 526 g/mol. The largest absolute Gasteiger partial charge is 0.481 e. The smallest absolute Gasteiger partial charge is 0.345 e. The Bertz CT molecular complexity index is 1550. The number of thiophene rings is 1. The van der Waals surface area contributed by atoms with Crippen LogP contribution < -0.4 is 5.32 Å². The van der Waals surface area contributed by atoms with E-state index in [1.807, 2.05) is 0 Å². The van der Waals surface area contributed by atoms with Crippen molar-refractivity contribution in [2.45, 2.75) is 31.7 Å². The molecule has 37 heavy (non-hydrogen) atoms. The number of pyridine rings is 1. The van der Waals surface area contributed by atoms with Crippen molar-refractivity contribution >= 4 is 40.1 Å². The summed E-state index contributed by atoms with van der Waals surface area (Å²) < 4.78 is 29.9. The summed E-state index contributed by atoms with van der Waals surface area (Å²) in [5.74, 6) is -4.18. The Balaban J connectivity index is 1.50. The van der Waals surface area contributed by atoms with E-state index in [1.165, 1.54) is 24.4 Å². The monoisotopic (exact) mass is 525 g/mol. The second-order valence-corrected chi connectivity index (χ2v) is 10.6. The summed E-state index contributed by atoms with van der Waals surface area (Å²) in [5.41, 5.74) is 0.637. The van der Waals surface area contributed by atoms with Crippen LogP contribution in [0.25, 0.3) is 33.0 Å². The van der Waals surface area contributed by atoms with E-state index in [1.54, 1.807) is 0 Å². The Morgan fingerprint density at radius 3 is 2.54 bits per heavy atom. The lowest BCUT2D eigenvalue weighted by Gasteiger charge is -2.47. The molecule has 4 aromatic rings. The lowest BCUT2D eigenvalue weighted by Crippen LogP contribution is -2.51.